The van der Waals surface area contributed by atoms with E-state index in [0.717, 1.165) is 15.6 Å². The number of rotatable bonds is 4. The van der Waals surface area contributed by atoms with E-state index in [9.17, 15) is 22.8 Å². The minimum Gasteiger partial charge on any atom is -0.479 e. The number of carbonyl (C=O) groups excluding carboxylic acids is 1. The van der Waals surface area contributed by atoms with Crippen molar-refractivity contribution in [3.05, 3.63) is 40.4 Å². The van der Waals surface area contributed by atoms with Crippen molar-refractivity contribution in [2.45, 2.75) is 25.6 Å². The summed E-state index contributed by atoms with van der Waals surface area (Å²) in [6, 6.07) is 1.78. The molecule has 4 rings (SSSR count). The molecule has 3 aromatic heterocycles. The Morgan fingerprint density at radius 3 is 2.74 bits per heavy atom. The van der Waals surface area contributed by atoms with Crippen LogP contribution in [-0.4, -0.2) is 64.0 Å². The Hall–Kier alpha value is -3.77. The fraction of sp³-hybridized carbons (Fsp3) is 0.455. The molecule has 10 nitrogen and oxygen atoms in total. The number of ether oxygens (including phenoxy) is 1. The Kier molecular flexibility index (Phi) is 6.34. The van der Waals surface area contributed by atoms with Crippen LogP contribution in [0.25, 0.3) is 11.0 Å². The average Bonchev–Trinajstić information content (AvgIpc) is 3.23. The lowest BCUT2D eigenvalue weighted by Crippen LogP contribution is -2.52. The van der Waals surface area contributed by atoms with Gasteiger partial charge in [-0.15, -0.1) is 5.10 Å². The quantitative estimate of drug-likeness (QED) is 0.579. The van der Waals surface area contributed by atoms with Crippen molar-refractivity contribution in [3.8, 4) is 5.88 Å². The summed E-state index contributed by atoms with van der Waals surface area (Å²) in [5, 5.41) is 10.0. The first-order valence-corrected chi connectivity index (χ1v) is 10.9. The molecule has 1 aliphatic heterocycles. The van der Waals surface area contributed by atoms with E-state index in [-0.39, 0.29) is 12.0 Å². The Balaban J connectivity index is 1.46. The number of nitrogens with one attached hydrogen (secondary N) is 2. The third-order valence-corrected chi connectivity index (χ3v) is 6.36. The first kappa shape index (κ1) is 24.4. The van der Waals surface area contributed by atoms with E-state index in [4.69, 9.17) is 4.74 Å². The number of H-pyrrole nitrogens is 1. The van der Waals surface area contributed by atoms with Gasteiger partial charge in [0.1, 0.15) is 5.69 Å². The molecule has 2 N–H and O–H groups in total. The van der Waals surface area contributed by atoms with Gasteiger partial charge in [0.15, 0.2) is 5.65 Å². The summed E-state index contributed by atoms with van der Waals surface area (Å²) < 4.78 is 45.5. The van der Waals surface area contributed by atoms with Gasteiger partial charge in [0.2, 0.25) is 5.88 Å². The molecule has 35 heavy (non-hydrogen) atoms. The summed E-state index contributed by atoms with van der Waals surface area (Å²) in [6.45, 7) is 3.25. The number of alkyl halides is 3. The highest BCUT2D eigenvalue weighted by molar-refractivity contribution is 5.89. The molecular weight excluding hydrogens is 467 g/mol. The average molecular weight is 493 g/mol. The van der Waals surface area contributed by atoms with E-state index in [2.05, 4.69) is 25.4 Å². The molecule has 2 amide bonds. The normalized spacial score (nSPS) is 18.5. The van der Waals surface area contributed by atoms with Crippen molar-refractivity contribution < 1.29 is 22.7 Å². The lowest BCUT2D eigenvalue weighted by Gasteiger charge is -2.42. The highest BCUT2D eigenvalue weighted by atomic mass is 19.4. The molecule has 188 valence electrons. The molecule has 1 saturated heterocycles. The van der Waals surface area contributed by atoms with Gasteiger partial charge >= 0.3 is 12.2 Å². The van der Waals surface area contributed by atoms with Gasteiger partial charge < -0.3 is 24.4 Å². The van der Waals surface area contributed by atoms with Crippen LogP contribution < -0.4 is 20.5 Å². The molecule has 0 unspecified atom stereocenters. The van der Waals surface area contributed by atoms with E-state index < -0.39 is 29.0 Å². The van der Waals surface area contributed by atoms with E-state index in [1.165, 1.54) is 19.1 Å². The SMILES string of the molecule is COc1n[nH]c2ncc(N3CC[C@@H](N(C)C(=O)Nc4cc(C(F)(F)F)cn(C)c4=O)[C@H](C)C3)cc12. The number of anilines is 2. The second kappa shape index (κ2) is 9.12. The first-order valence-electron chi connectivity index (χ1n) is 10.9. The predicted molar refractivity (Wildman–Crippen MR) is 124 cm³/mol. The van der Waals surface area contributed by atoms with Gasteiger partial charge in [-0.3, -0.25) is 9.89 Å². The zero-order valence-electron chi connectivity index (χ0n) is 19.7. The number of amides is 2. The summed E-state index contributed by atoms with van der Waals surface area (Å²) in [4.78, 5) is 33.1. The Morgan fingerprint density at radius 2 is 2.09 bits per heavy atom. The van der Waals surface area contributed by atoms with Crippen molar-refractivity contribution in [1.29, 1.82) is 0 Å². The third-order valence-electron chi connectivity index (χ3n) is 6.36. The molecule has 0 radical (unpaired) electrons. The zero-order chi connectivity index (χ0) is 25.5. The molecule has 1 aliphatic rings. The molecule has 0 aliphatic carbocycles. The minimum absolute atomic E-state index is 0.0331. The number of aromatic nitrogens is 4. The Bertz CT molecular complexity index is 1300. The van der Waals surface area contributed by atoms with Crippen LogP contribution in [0.3, 0.4) is 0 Å². The maximum Gasteiger partial charge on any atom is 0.417 e. The van der Waals surface area contributed by atoms with Gasteiger partial charge in [-0.2, -0.15) is 13.2 Å². The van der Waals surface area contributed by atoms with Crippen LogP contribution in [0.15, 0.2) is 29.3 Å². The molecular formula is C22H26F3N7O3. The molecule has 1 fully saturated rings. The van der Waals surface area contributed by atoms with Gasteiger partial charge in [0.05, 0.1) is 29.9 Å². The van der Waals surface area contributed by atoms with Gasteiger partial charge in [-0.25, -0.2) is 9.78 Å². The Morgan fingerprint density at radius 1 is 1.34 bits per heavy atom. The number of halogens is 3. The third kappa shape index (κ3) is 4.75. The second-order valence-electron chi connectivity index (χ2n) is 8.70. The van der Waals surface area contributed by atoms with Crippen molar-refractivity contribution in [2.24, 2.45) is 13.0 Å². The van der Waals surface area contributed by atoms with E-state index in [1.54, 1.807) is 13.2 Å². The number of pyridine rings is 2. The molecule has 2 atom stereocenters. The topological polar surface area (TPSA) is 108 Å². The van der Waals surface area contributed by atoms with Gasteiger partial charge in [0, 0.05) is 39.4 Å². The van der Waals surface area contributed by atoms with Crippen LogP contribution in [0.5, 0.6) is 5.88 Å². The number of carbonyl (C=O) groups is 1. The number of hydrogen-bond acceptors (Lipinski definition) is 6. The summed E-state index contributed by atoms with van der Waals surface area (Å²) in [7, 11) is 4.32. The monoisotopic (exact) mass is 493 g/mol. The number of fused-ring (bicyclic) bond motifs is 1. The predicted octanol–water partition coefficient (Wildman–Crippen LogP) is 3.06. The van der Waals surface area contributed by atoms with Gasteiger partial charge in [-0.1, -0.05) is 6.92 Å². The number of hydrogen-bond donors (Lipinski definition) is 2. The van der Waals surface area contributed by atoms with E-state index >= 15 is 0 Å². The maximum atomic E-state index is 13.1. The maximum absolute atomic E-state index is 13.1. The second-order valence-corrected chi connectivity index (χ2v) is 8.70. The van der Waals surface area contributed by atoms with Crippen molar-refractivity contribution in [1.82, 2.24) is 24.6 Å². The van der Waals surface area contributed by atoms with E-state index in [0.29, 0.717) is 43.3 Å². The number of piperidine rings is 1. The molecule has 4 heterocycles. The standard InChI is InChI=1S/C22H26F3N7O3/c1-12-10-32(14-8-15-18(26-9-14)28-29-19(15)35-4)6-5-17(12)31(3)21(34)27-16-7-13(22(23,24)25)11-30(2)20(16)33/h7-9,11-12,17H,5-6,10H2,1-4H3,(H,27,34)(H,26,28,29)/t12-,17-/m1/s1. The van der Waals surface area contributed by atoms with Gasteiger partial charge in [-0.05, 0) is 24.5 Å². The molecule has 0 aromatic carbocycles. The molecule has 0 spiro atoms. The molecule has 0 saturated carbocycles. The minimum atomic E-state index is -4.64. The fourth-order valence-corrected chi connectivity index (χ4v) is 4.45. The van der Waals surface area contributed by atoms with Crippen LogP contribution >= 0.6 is 0 Å². The van der Waals surface area contributed by atoms with Crippen LogP contribution in [0.4, 0.5) is 29.3 Å². The van der Waals surface area contributed by atoms with Crippen LogP contribution in [0.1, 0.15) is 18.9 Å². The lowest BCUT2D eigenvalue weighted by atomic mass is 9.92. The smallest absolute Gasteiger partial charge is 0.417 e. The number of urea groups is 1. The number of methoxy groups -OCH3 is 1. The van der Waals surface area contributed by atoms with Crippen LogP contribution in [0, 0.1) is 5.92 Å². The zero-order valence-corrected chi connectivity index (χ0v) is 19.7. The summed E-state index contributed by atoms with van der Waals surface area (Å²) in [5.41, 5.74) is -0.648. The Labute approximate surface area is 198 Å². The number of aryl methyl sites for hydroxylation is 1. The summed E-state index contributed by atoms with van der Waals surface area (Å²) in [5.74, 6) is 0.486. The number of nitrogens with zero attached hydrogens (tertiary/aromatic N) is 5. The van der Waals surface area contributed by atoms with E-state index in [1.807, 2.05) is 13.0 Å². The first-order chi connectivity index (χ1) is 16.5. The van der Waals surface area contributed by atoms with Crippen molar-refractivity contribution in [2.75, 3.05) is 37.5 Å². The number of aromatic amines is 1. The fourth-order valence-electron chi connectivity index (χ4n) is 4.45. The van der Waals surface area contributed by atoms with Crippen LogP contribution in [-0.2, 0) is 13.2 Å². The van der Waals surface area contributed by atoms with Crippen LogP contribution in [0.2, 0.25) is 0 Å². The van der Waals surface area contributed by atoms with Gasteiger partial charge in [0.25, 0.3) is 5.56 Å². The molecule has 0 bridgehead atoms. The lowest BCUT2D eigenvalue weighted by molar-refractivity contribution is -0.138. The largest absolute Gasteiger partial charge is 0.479 e. The molecule has 13 heteroatoms. The molecule has 3 aromatic rings. The highest BCUT2D eigenvalue weighted by Gasteiger charge is 2.34. The van der Waals surface area contributed by atoms with Crippen molar-refractivity contribution in [3.63, 3.8) is 0 Å². The summed E-state index contributed by atoms with van der Waals surface area (Å²) in [6.07, 6.45) is -1.58. The van der Waals surface area contributed by atoms with Crippen molar-refractivity contribution >= 4 is 28.4 Å². The summed E-state index contributed by atoms with van der Waals surface area (Å²) >= 11 is 0. The highest BCUT2D eigenvalue weighted by Crippen LogP contribution is 2.31.